The Kier molecular flexibility index (Phi) is 2.75. The lowest BCUT2D eigenvalue weighted by atomic mass is 9.62. The van der Waals surface area contributed by atoms with Gasteiger partial charge in [0.1, 0.15) is 0 Å². The molecule has 1 aromatic rings. The number of alkyl halides is 1. The summed E-state index contributed by atoms with van der Waals surface area (Å²) in [5.74, 6) is 2.71. The summed E-state index contributed by atoms with van der Waals surface area (Å²) in [6, 6.07) is 11.0. The number of nitrogens with two attached hydrogens (primary N) is 1. The van der Waals surface area contributed by atoms with Crippen LogP contribution in [0.25, 0.3) is 0 Å². The Morgan fingerprint density at radius 2 is 2.00 bits per heavy atom. The second kappa shape index (κ2) is 4.20. The largest absolute Gasteiger partial charge is 0.393 e. The van der Waals surface area contributed by atoms with Crippen molar-refractivity contribution in [2.24, 2.45) is 28.9 Å². The number of halogens is 1. The number of hydrogen-bond donors (Lipinski definition) is 1. The highest BCUT2D eigenvalue weighted by Gasteiger charge is 2.68. The molecule has 0 aromatic heterocycles. The third-order valence-corrected chi connectivity index (χ3v) is 7.19. The highest BCUT2D eigenvalue weighted by atomic mass is 35.5. The maximum absolute atomic E-state index is 6.27. The first-order chi connectivity index (χ1) is 9.61. The van der Waals surface area contributed by atoms with Crippen LogP contribution in [0, 0.1) is 23.2 Å². The summed E-state index contributed by atoms with van der Waals surface area (Å²) in [5, 5.41) is 0. The van der Waals surface area contributed by atoms with Gasteiger partial charge in [-0.25, -0.2) is 0 Å². The van der Waals surface area contributed by atoms with E-state index in [1.807, 2.05) is 0 Å². The Labute approximate surface area is 130 Å². The van der Waals surface area contributed by atoms with Crippen molar-refractivity contribution in [3.8, 4) is 0 Å². The number of hydrogen-bond acceptors (Lipinski definition) is 1. The van der Waals surface area contributed by atoms with Gasteiger partial charge in [-0.2, -0.15) is 0 Å². The molecule has 5 atom stereocenters. The van der Waals surface area contributed by atoms with Crippen molar-refractivity contribution >= 4 is 28.8 Å². The van der Waals surface area contributed by atoms with Gasteiger partial charge < -0.3 is 5.73 Å². The molecule has 0 amide bonds. The second-order valence-corrected chi connectivity index (χ2v) is 7.89. The quantitative estimate of drug-likeness (QED) is 0.677. The summed E-state index contributed by atoms with van der Waals surface area (Å²) < 4.78 is 0. The Morgan fingerprint density at radius 1 is 1.25 bits per heavy atom. The SMILES string of the molecule is NC(=S)C12CC3CC(c4ccccc4)(CC1C3CCl)C2. The van der Waals surface area contributed by atoms with Gasteiger partial charge in [-0.05, 0) is 54.4 Å². The first-order valence-corrected chi connectivity index (χ1v) is 8.47. The lowest BCUT2D eigenvalue weighted by molar-refractivity contribution is 0.176. The molecule has 0 spiro atoms. The zero-order valence-electron chi connectivity index (χ0n) is 11.5. The highest BCUT2D eigenvalue weighted by Crippen LogP contribution is 2.72. The average molecular weight is 306 g/mol. The molecule has 0 radical (unpaired) electrons. The van der Waals surface area contributed by atoms with Gasteiger partial charge in [0.25, 0.3) is 0 Å². The Bertz CT molecular complexity index is 559. The summed E-state index contributed by atoms with van der Waals surface area (Å²) in [7, 11) is 0. The van der Waals surface area contributed by atoms with E-state index in [-0.39, 0.29) is 5.41 Å². The standard InChI is InChI=1S/C17H20ClNS/c18-9-13-11-6-16(12-4-2-1-3-5-12)8-14(13)17(7-11,10-16)15(19)20/h1-5,11,13-14H,6-10H2,(H2,19,20). The summed E-state index contributed by atoms with van der Waals surface area (Å²) in [6.07, 6.45) is 4.82. The molecule has 4 fully saturated rings. The minimum Gasteiger partial charge on any atom is -0.393 e. The van der Waals surface area contributed by atoms with Gasteiger partial charge >= 0.3 is 0 Å². The molecule has 5 unspecified atom stereocenters. The van der Waals surface area contributed by atoms with Crippen LogP contribution in [0.15, 0.2) is 30.3 Å². The van der Waals surface area contributed by atoms with Crippen LogP contribution in [0.2, 0.25) is 0 Å². The Morgan fingerprint density at radius 3 is 2.65 bits per heavy atom. The van der Waals surface area contributed by atoms with E-state index in [1.54, 1.807) is 0 Å². The van der Waals surface area contributed by atoms with Gasteiger partial charge in [0.2, 0.25) is 0 Å². The van der Waals surface area contributed by atoms with Gasteiger partial charge in [0, 0.05) is 11.3 Å². The van der Waals surface area contributed by atoms with E-state index in [4.69, 9.17) is 29.6 Å². The molecule has 4 aliphatic carbocycles. The Hall–Kier alpha value is -0.600. The molecule has 0 saturated heterocycles. The maximum Gasteiger partial charge on any atom is 0.0793 e. The van der Waals surface area contributed by atoms with Crippen LogP contribution in [0.4, 0.5) is 0 Å². The zero-order valence-corrected chi connectivity index (χ0v) is 13.1. The summed E-state index contributed by atoms with van der Waals surface area (Å²) >= 11 is 11.8. The van der Waals surface area contributed by atoms with Crippen LogP contribution in [-0.2, 0) is 5.41 Å². The van der Waals surface area contributed by atoms with E-state index >= 15 is 0 Å². The minimum atomic E-state index is 0.0909. The van der Waals surface area contributed by atoms with E-state index in [9.17, 15) is 0 Å². The van der Waals surface area contributed by atoms with Crippen molar-refractivity contribution < 1.29 is 0 Å². The first-order valence-electron chi connectivity index (χ1n) is 7.53. The van der Waals surface area contributed by atoms with Crippen LogP contribution in [-0.4, -0.2) is 10.9 Å². The molecule has 0 aliphatic heterocycles. The molecule has 2 N–H and O–H groups in total. The van der Waals surface area contributed by atoms with Crippen LogP contribution in [0.3, 0.4) is 0 Å². The Balaban J connectivity index is 1.81. The molecular formula is C17H20ClNS. The molecule has 0 heterocycles. The number of rotatable bonds is 3. The van der Waals surface area contributed by atoms with E-state index in [1.165, 1.54) is 24.8 Å². The number of benzene rings is 1. The minimum absolute atomic E-state index is 0.0909. The molecule has 4 bridgehead atoms. The van der Waals surface area contributed by atoms with Gasteiger partial charge in [-0.3, -0.25) is 0 Å². The molecule has 20 heavy (non-hydrogen) atoms. The monoisotopic (exact) mass is 305 g/mol. The average Bonchev–Trinajstić information content (AvgIpc) is 2.83. The lowest BCUT2D eigenvalue weighted by Gasteiger charge is -2.42. The van der Waals surface area contributed by atoms with Crippen molar-refractivity contribution in [3.05, 3.63) is 35.9 Å². The van der Waals surface area contributed by atoms with E-state index < -0.39 is 0 Å². The van der Waals surface area contributed by atoms with Crippen molar-refractivity contribution in [1.29, 1.82) is 0 Å². The fourth-order valence-corrected chi connectivity index (χ4v) is 6.54. The molecule has 1 nitrogen and oxygen atoms in total. The molecule has 106 valence electrons. The van der Waals surface area contributed by atoms with Crippen LogP contribution in [0.5, 0.6) is 0 Å². The van der Waals surface area contributed by atoms with Crippen LogP contribution in [0.1, 0.15) is 31.2 Å². The van der Waals surface area contributed by atoms with Crippen LogP contribution < -0.4 is 5.73 Å². The lowest BCUT2D eigenvalue weighted by Crippen LogP contribution is -2.40. The fraction of sp³-hybridized carbons (Fsp3) is 0.588. The summed E-state index contributed by atoms with van der Waals surface area (Å²) in [4.78, 5) is 0.748. The first kappa shape index (κ1) is 13.1. The number of thiocarbonyl (C=S) groups is 1. The van der Waals surface area contributed by atoms with E-state index in [0.717, 1.165) is 17.3 Å². The molecule has 4 saturated carbocycles. The van der Waals surface area contributed by atoms with Crippen molar-refractivity contribution in [1.82, 2.24) is 0 Å². The normalized spacial score (nSPS) is 45.0. The summed E-state index contributed by atoms with van der Waals surface area (Å²) in [6.45, 7) is 0. The predicted octanol–water partition coefficient (Wildman–Crippen LogP) is 3.89. The second-order valence-electron chi connectivity index (χ2n) is 7.14. The van der Waals surface area contributed by atoms with E-state index in [2.05, 4.69) is 30.3 Å². The third-order valence-electron chi connectivity index (χ3n) is 6.43. The van der Waals surface area contributed by atoms with Crippen molar-refractivity contribution in [2.75, 3.05) is 5.88 Å². The predicted molar refractivity (Wildman–Crippen MR) is 87.0 cm³/mol. The van der Waals surface area contributed by atoms with Gasteiger partial charge in [0.05, 0.1) is 4.99 Å². The molecule has 5 rings (SSSR count). The molecule has 4 aliphatic rings. The summed E-state index contributed by atoms with van der Waals surface area (Å²) in [5.41, 5.74) is 8.08. The van der Waals surface area contributed by atoms with Crippen LogP contribution >= 0.6 is 23.8 Å². The van der Waals surface area contributed by atoms with Gasteiger partial charge in [0.15, 0.2) is 0 Å². The molecule has 3 heteroatoms. The smallest absolute Gasteiger partial charge is 0.0793 e. The topological polar surface area (TPSA) is 26.0 Å². The fourth-order valence-electron chi connectivity index (χ4n) is 5.77. The van der Waals surface area contributed by atoms with Crippen molar-refractivity contribution in [2.45, 2.75) is 31.1 Å². The zero-order chi connectivity index (χ0) is 14.0. The van der Waals surface area contributed by atoms with Gasteiger partial charge in [-0.15, -0.1) is 11.6 Å². The third kappa shape index (κ3) is 1.47. The maximum atomic E-state index is 6.27. The highest BCUT2D eigenvalue weighted by molar-refractivity contribution is 7.80. The van der Waals surface area contributed by atoms with Crippen molar-refractivity contribution in [3.63, 3.8) is 0 Å². The van der Waals surface area contributed by atoms with E-state index in [0.29, 0.717) is 23.2 Å². The molecule has 1 aromatic carbocycles. The van der Waals surface area contributed by atoms with Gasteiger partial charge in [-0.1, -0.05) is 42.5 Å². The molecular weight excluding hydrogens is 286 g/mol.